The van der Waals surface area contributed by atoms with Crippen molar-refractivity contribution in [3.05, 3.63) is 170 Å². The SMILES string of the molecule is c1ccc(-c2ccc(-c3c4ccccc4c(-c4ccc5oc6c(ccc7oc8ccccc8c76)c5c4)c4ccccc34)c3ccccc23)cc1. The van der Waals surface area contributed by atoms with Gasteiger partial charge in [-0.25, -0.2) is 0 Å². The van der Waals surface area contributed by atoms with E-state index in [9.17, 15) is 0 Å². The van der Waals surface area contributed by atoms with Crippen molar-refractivity contribution in [2.24, 2.45) is 0 Å². The first kappa shape index (κ1) is 27.3. The Bertz CT molecular complexity index is 3080. The normalized spacial score (nSPS) is 12.0. The summed E-state index contributed by atoms with van der Waals surface area (Å²) in [4.78, 5) is 0. The average molecular weight is 637 g/mol. The number of benzene rings is 9. The molecule has 0 saturated carbocycles. The van der Waals surface area contributed by atoms with Crippen molar-refractivity contribution < 1.29 is 8.83 Å². The summed E-state index contributed by atoms with van der Waals surface area (Å²) in [5, 5.41) is 11.7. The van der Waals surface area contributed by atoms with E-state index in [0.717, 1.165) is 43.9 Å². The van der Waals surface area contributed by atoms with E-state index in [1.54, 1.807) is 0 Å². The molecular weight excluding hydrogens is 609 g/mol. The average Bonchev–Trinajstić information content (AvgIpc) is 3.75. The van der Waals surface area contributed by atoms with Crippen LogP contribution >= 0.6 is 0 Å². The summed E-state index contributed by atoms with van der Waals surface area (Å²) in [7, 11) is 0. The molecule has 0 aliphatic heterocycles. The summed E-state index contributed by atoms with van der Waals surface area (Å²) >= 11 is 0. The molecule has 2 heteroatoms. The van der Waals surface area contributed by atoms with E-state index in [1.807, 2.05) is 12.1 Å². The summed E-state index contributed by atoms with van der Waals surface area (Å²) in [6.45, 7) is 0. The maximum Gasteiger partial charge on any atom is 0.147 e. The molecule has 0 atom stereocenters. The molecule has 11 aromatic rings. The first-order valence-corrected chi connectivity index (χ1v) is 17.1. The molecule has 0 aliphatic carbocycles. The quantitative estimate of drug-likeness (QED) is 0.180. The fraction of sp³-hybridized carbons (Fsp3) is 0. The summed E-state index contributed by atoms with van der Waals surface area (Å²) in [6.07, 6.45) is 0. The Labute approximate surface area is 287 Å². The van der Waals surface area contributed by atoms with Gasteiger partial charge in [-0.05, 0) is 96.0 Å². The van der Waals surface area contributed by atoms with Gasteiger partial charge in [-0.3, -0.25) is 0 Å². The van der Waals surface area contributed by atoms with Gasteiger partial charge in [0.2, 0.25) is 0 Å². The van der Waals surface area contributed by atoms with Crippen LogP contribution < -0.4 is 0 Å². The Morgan fingerprint density at radius 2 is 0.820 bits per heavy atom. The third-order valence-corrected chi connectivity index (χ3v) is 10.5. The van der Waals surface area contributed by atoms with Crippen molar-refractivity contribution in [1.82, 2.24) is 0 Å². The number of para-hydroxylation sites is 1. The van der Waals surface area contributed by atoms with Gasteiger partial charge < -0.3 is 8.83 Å². The molecule has 0 radical (unpaired) electrons. The second kappa shape index (κ2) is 10.4. The maximum atomic E-state index is 6.60. The molecule has 11 rings (SSSR count). The molecule has 232 valence electrons. The first-order valence-electron chi connectivity index (χ1n) is 17.1. The topological polar surface area (TPSA) is 26.3 Å². The standard InChI is InChI=1S/C48H28O2/c1-2-12-29(13-3-1)31-23-24-38(33-15-5-4-14-32(31)33)46-36-18-8-6-16-34(36)45(35-17-7-9-19-37(35)46)30-22-26-43-41(28-30)39-25-27-44-47(48(39)50-43)40-20-10-11-21-42(40)49-44/h1-28H. The lowest BCUT2D eigenvalue weighted by Gasteiger charge is -2.19. The Balaban J connectivity index is 1.19. The molecule has 0 fully saturated rings. The van der Waals surface area contributed by atoms with Gasteiger partial charge in [0.05, 0.1) is 5.39 Å². The van der Waals surface area contributed by atoms with E-state index >= 15 is 0 Å². The van der Waals surface area contributed by atoms with Crippen LogP contribution in [0.15, 0.2) is 179 Å². The van der Waals surface area contributed by atoms with Gasteiger partial charge in [0.25, 0.3) is 0 Å². The second-order valence-electron chi connectivity index (χ2n) is 13.1. The van der Waals surface area contributed by atoms with Crippen LogP contribution in [0, 0.1) is 0 Å². The number of hydrogen-bond donors (Lipinski definition) is 0. The Morgan fingerprint density at radius 3 is 1.54 bits per heavy atom. The van der Waals surface area contributed by atoms with Crippen LogP contribution in [0.4, 0.5) is 0 Å². The van der Waals surface area contributed by atoms with Crippen molar-refractivity contribution in [1.29, 1.82) is 0 Å². The third-order valence-electron chi connectivity index (χ3n) is 10.5. The maximum absolute atomic E-state index is 6.60. The Hall–Kier alpha value is -6.64. The van der Waals surface area contributed by atoms with Crippen LogP contribution in [0.5, 0.6) is 0 Å². The molecule has 2 heterocycles. The van der Waals surface area contributed by atoms with Crippen molar-refractivity contribution in [3.8, 4) is 33.4 Å². The van der Waals surface area contributed by atoms with Crippen LogP contribution in [-0.2, 0) is 0 Å². The predicted molar refractivity (Wildman–Crippen MR) is 210 cm³/mol. The fourth-order valence-electron chi connectivity index (χ4n) is 8.31. The van der Waals surface area contributed by atoms with Gasteiger partial charge in [-0.1, -0.05) is 140 Å². The van der Waals surface area contributed by atoms with Crippen LogP contribution in [0.2, 0.25) is 0 Å². The largest absolute Gasteiger partial charge is 0.456 e. The zero-order chi connectivity index (χ0) is 32.8. The van der Waals surface area contributed by atoms with Gasteiger partial charge in [0.1, 0.15) is 22.3 Å². The van der Waals surface area contributed by atoms with E-state index < -0.39 is 0 Å². The molecule has 0 saturated heterocycles. The van der Waals surface area contributed by atoms with Gasteiger partial charge >= 0.3 is 0 Å². The van der Waals surface area contributed by atoms with E-state index in [2.05, 4.69) is 158 Å². The van der Waals surface area contributed by atoms with Crippen molar-refractivity contribution >= 4 is 76.2 Å². The minimum absolute atomic E-state index is 0.842. The van der Waals surface area contributed by atoms with Crippen LogP contribution in [-0.4, -0.2) is 0 Å². The van der Waals surface area contributed by atoms with E-state index in [-0.39, 0.29) is 0 Å². The molecule has 0 amide bonds. The van der Waals surface area contributed by atoms with Gasteiger partial charge in [-0.15, -0.1) is 0 Å². The highest BCUT2D eigenvalue weighted by Gasteiger charge is 2.21. The lowest BCUT2D eigenvalue weighted by atomic mass is 9.83. The minimum atomic E-state index is 0.842. The van der Waals surface area contributed by atoms with Gasteiger partial charge in [-0.2, -0.15) is 0 Å². The van der Waals surface area contributed by atoms with Crippen molar-refractivity contribution in [2.75, 3.05) is 0 Å². The van der Waals surface area contributed by atoms with Gasteiger partial charge in [0, 0.05) is 16.2 Å². The molecule has 2 nitrogen and oxygen atoms in total. The highest BCUT2D eigenvalue weighted by molar-refractivity contribution is 6.26. The number of hydrogen-bond acceptors (Lipinski definition) is 2. The molecule has 0 aliphatic rings. The van der Waals surface area contributed by atoms with Crippen molar-refractivity contribution in [2.45, 2.75) is 0 Å². The first-order chi connectivity index (χ1) is 24.8. The van der Waals surface area contributed by atoms with Gasteiger partial charge in [0.15, 0.2) is 0 Å². The predicted octanol–water partition coefficient (Wildman–Crippen LogP) is 13.9. The van der Waals surface area contributed by atoms with E-state index in [0.29, 0.717) is 0 Å². The smallest absolute Gasteiger partial charge is 0.147 e. The zero-order valence-electron chi connectivity index (χ0n) is 27.0. The summed E-state index contributed by atoms with van der Waals surface area (Å²) < 4.78 is 12.8. The molecule has 50 heavy (non-hydrogen) atoms. The lowest BCUT2D eigenvalue weighted by Crippen LogP contribution is -1.92. The molecule has 9 aromatic carbocycles. The summed E-state index contributed by atoms with van der Waals surface area (Å²) in [5.41, 5.74) is 10.8. The van der Waals surface area contributed by atoms with Crippen LogP contribution in [0.3, 0.4) is 0 Å². The van der Waals surface area contributed by atoms with E-state index in [4.69, 9.17) is 8.83 Å². The van der Waals surface area contributed by atoms with Crippen LogP contribution in [0.1, 0.15) is 0 Å². The molecular formula is C48H28O2. The Morgan fingerprint density at radius 1 is 0.280 bits per heavy atom. The number of fused-ring (bicyclic) bond motifs is 10. The molecule has 0 bridgehead atoms. The minimum Gasteiger partial charge on any atom is -0.456 e. The highest BCUT2D eigenvalue weighted by atomic mass is 16.3. The summed E-state index contributed by atoms with van der Waals surface area (Å²) in [5.74, 6) is 0. The van der Waals surface area contributed by atoms with Crippen molar-refractivity contribution in [3.63, 3.8) is 0 Å². The summed E-state index contributed by atoms with van der Waals surface area (Å²) in [6, 6.07) is 61.0. The molecule has 0 N–H and O–H groups in total. The monoisotopic (exact) mass is 636 g/mol. The zero-order valence-corrected chi connectivity index (χ0v) is 27.0. The number of rotatable bonds is 3. The Kier molecular flexibility index (Phi) is 5.70. The fourth-order valence-corrected chi connectivity index (χ4v) is 8.31. The molecule has 2 aromatic heterocycles. The molecule has 0 unspecified atom stereocenters. The number of furan rings is 2. The van der Waals surface area contributed by atoms with Crippen LogP contribution in [0.25, 0.3) is 110 Å². The highest BCUT2D eigenvalue weighted by Crippen LogP contribution is 2.47. The molecule has 0 spiro atoms. The third kappa shape index (κ3) is 3.85. The second-order valence-corrected chi connectivity index (χ2v) is 13.1. The lowest BCUT2D eigenvalue weighted by molar-refractivity contribution is 0.663. The van der Waals surface area contributed by atoms with E-state index in [1.165, 1.54) is 65.7 Å².